The first-order valence-electron chi connectivity index (χ1n) is 3.75. The predicted octanol–water partition coefficient (Wildman–Crippen LogP) is 3.25. The first kappa shape index (κ1) is 7.99. The summed E-state index contributed by atoms with van der Waals surface area (Å²) >= 11 is 0. The molecular formula is C10H11F. The number of halogens is 1. The van der Waals surface area contributed by atoms with Gasteiger partial charge in [-0.3, -0.25) is 0 Å². The number of hydrogen-bond acceptors (Lipinski definition) is 0. The Morgan fingerprint density at radius 3 is 2.91 bits per heavy atom. The summed E-state index contributed by atoms with van der Waals surface area (Å²) < 4.78 is 12.6. The van der Waals surface area contributed by atoms with Gasteiger partial charge in [0.1, 0.15) is 5.82 Å². The van der Waals surface area contributed by atoms with Crippen LogP contribution in [-0.2, 0) is 0 Å². The fourth-order valence-corrected chi connectivity index (χ4v) is 0.864. The molecule has 1 aromatic rings. The first-order valence-corrected chi connectivity index (χ1v) is 3.75. The maximum absolute atomic E-state index is 12.6. The molecule has 0 atom stereocenters. The standard InChI is InChI=1S/C10H11F/c1-2-3-5-9-6-4-7-10(11)8-9/h3-8H,2H2,1H3/b5-3+. The average molecular weight is 150 g/mol. The molecule has 0 N–H and O–H groups in total. The van der Waals surface area contributed by atoms with E-state index >= 15 is 0 Å². The zero-order valence-electron chi connectivity index (χ0n) is 6.55. The molecular weight excluding hydrogens is 139 g/mol. The van der Waals surface area contributed by atoms with E-state index in [0.717, 1.165) is 12.0 Å². The van der Waals surface area contributed by atoms with E-state index in [1.807, 2.05) is 18.2 Å². The first-order chi connectivity index (χ1) is 5.33. The van der Waals surface area contributed by atoms with Gasteiger partial charge in [-0.05, 0) is 24.1 Å². The van der Waals surface area contributed by atoms with Crippen molar-refractivity contribution in [2.24, 2.45) is 0 Å². The second kappa shape index (κ2) is 3.91. The Labute approximate surface area is 66.4 Å². The molecule has 0 spiro atoms. The van der Waals surface area contributed by atoms with Crippen molar-refractivity contribution in [2.45, 2.75) is 13.3 Å². The molecule has 0 aliphatic rings. The Morgan fingerprint density at radius 1 is 1.45 bits per heavy atom. The van der Waals surface area contributed by atoms with Crippen LogP contribution in [0.15, 0.2) is 30.3 Å². The maximum atomic E-state index is 12.6. The van der Waals surface area contributed by atoms with Crippen LogP contribution in [0.2, 0.25) is 0 Å². The van der Waals surface area contributed by atoms with Gasteiger partial charge in [0.05, 0.1) is 0 Å². The van der Waals surface area contributed by atoms with Crippen LogP contribution in [0.4, 0.5) is 4.39 Å². The van der Waals surface area contributed by atoms with Crippen molar-refractivity contribution in [2.75, 3.05) is 0 Å². The van der Waals surface area contributed by atoms with Crippen molar-refractivity contribution in [3.63, 3.8) is 0 Å². The lowest BCUT2D eigenvalue weighted by Crippen LogP contribution is -1.74. The Morgan fingerprint density at radius 2 is 2.27 bits per heavy atom. The Balaban J connectivity index is 2.79. The Bertz CT molecular complexity index is 251. The smallest absolute Gasteiger partial charge is 0.123 e. The summed E-state index contributed by atoms with van der Waals surface area (Å²) in [6, 6.07) is 6.56. The van der Waals surface area contributed by atoms with Crippen molar-refractivity contribution in [1.29, 1.82) is 0 Å². The summed E-state index contributed by atoms with van der Waals surface area (Å²) in [5, 5.41) is 0. The molecule has 0 saturated carbocycles. The Kier molecular flexibility index (Phi) is 2.84. The number of allylic oxidation sites excluding steroid dienone is 1. The van der Waals surface area contributed by atoms with Gasteiger partial charge >= 0.3 is 0 Å². The van der Waals surface area contributed by atoms with Gasteiger partial charge in [0.25, 0.3) is 0 Å². The number of rotatable bonds is 2. The fraction of sp³-hybridized carbons (Fsp3) is 0.200. The minimum absolute atomic E-state index is 0.178. The molecule has 0 bridgehead atoms. The second-order valence-electron chi connectivity index (χ2n) is 2.37. The molecule has 0 saturated heterocycles. The van der Waals surface area contributed by atoms with E-state index in [1.165, 1.54) is 12.1 Å². The summed E-state index contributed by atoms with van der Waals surface area (Å²) in [6.45, 7) is 2.05. The van der Waals surface area contributed by atoms with Crippen molar-refractivity contribution >= 4 is 6.08 Å². The maximum Gasteiger partial charge on any atom is 0.123 e. The van der Waals surface area contributed by atoms with Gasteiger partial charge in [0.15, 0.2) is 0 Å². The third-order valence-corrected chi connectivity index (χ3v) is 1.39. The number of benzene rings is 1. The molecule has 0 heterocycles. The SMILES string of the molecule is CC/C=C/c1cccc(F)c1. The van der Waals surface area contributed by atoms with Crippen LogP contribution in [0.25, 0.3) is 6.08 Å². The van der Waals surface area contributed by atoms with E-state index in [4.69, 9.17) is 0 Å². The predicted molar refractivity (Wildman–Crippen MR) is 45.7 cm³/mol. The lowest BCUT2D eigenvalue weighted by Gasteiger charge is -1.91. The van der Waals surface area contributed by atoms with E-state index in [1.54, 1.807) is 6.07 Å². The molecule has 0 aliphatic heterocycles. The molecule has 0 unspecified atom stereocenters. The van der Waals surface area contributed by atoms with Gasteiger partial charge in [-0.1, -0.05) is 31.2 Å². The van der Waals surface area contributed by atoms with E-state index in [2.05, 4.69) is 6.92 Å². The van der Waals surface area contributed by atoms with E-state index < -0.39 is 0 Å². The highest BCUT2D eigenvalue weighted by Crippen LogP contribution is 2.05. The highest BCUT2D eigenvalue weighted by atomic mass is 19.1. The molecule has 0 aliphatic carbocycles. The highest BCUT2D eigenvalue weighted by Gasteiger charge is 1.88. The molecule has 1 aromatic carbocycles. The highest BCUT2D eigenvalue weighted by molar-refractivity contribution is 5.48. The monoisotopic (exact) mass is 150 g/mol. The van der Waals surface area contributed by atoms with Gasteiger partial charge < -0.3 is 0 Å². The summed E-state index contributed by atoms with van der Waals surface area (Å²) in [5.74, 6) is -0.178. The van der Waals surface area contributed by atoms with Crippen LogP contribution in [0.5, 0.6) is 0 Å². The second-order valence-corrected chi connectivity index (χ2v) is 2.37. The molecule has 1 heteroatoms. The quantitative estimate of drug-likeness (QED) is 0.607. The van der Waals surface area contributed by atoms with Crippen LogP contribution >= 0.6 is 0 Å². The number of hydrogen-bond donors (Lipinski definition) is 0. The van der Waals surface area contributed by atoms with E-state index in [9.17, 15) is 4.39 Å². The summed E-state index contributed by atoms with van der Waals surface area (Å²) in [5.41, 5.74) is 0.923. The molecule has 0 aromatic heterocycles. The zero-order valence-corrected chi connectivity index (χ0v) is 6.55. The summed E-state index contributed by atoms with van der Waals surface area (Å²) in [6.07, 6.45) is 4.91. The van der Waals surface area contributed by atoms with Crippen molar-refractivity contribution in [3.05, 3.63) is 41.7 Å². The molecule has 0 radical (unpaired) electrons. The van der Waals surface area contributed by atoms with Gasteiger partial charge in [0.2, 0.25) is 0 Å². The largest absolute Gasteiger partial charge is 0.207 e. The van der Waals surface area contributed by atoms with E-state index in [-0.39, 0.29) is 5.82 Å². The van der Waals surface area contributed by atoms with Gasteiger partial charge in [-0.25, -0.2) is 4.39 Å². The molecule has 0 nitrogen and oxygen atoms in total. The minimum atomic E-state index is -0.178. The zero-order chi connectivity index (χ0) is 8.10. The minimum Gasteiger partial charge on any atom is -0.207 e. The average Bonchev–Trinajstić information content (AvgIpc) is 2.01. The molecule has 0 fully saturated rings. The van der Waals surface area contributed by atoms with E-state index in [0.29, 0.717) is 0 Å². The van der Waals surface area contributed by atoms with Gasteiger partial charge in [-0.2, -0.15) is 0 Å². The Hall–Kier alpha value is -1.11. The fourth-order valence-electron chi connectivity index (χ4n) is 0.864. The third-order valence-electron chi connectivity index (χ3n) is 1.39. The summed E-state index contributed by atoms with van der Waals surface area (Å²) in [7, 11) is 0. The lowest BCUT2D eigenvalue weighted by molar-refractivity contribution is 0.627. The van der Waals surface area contributed by atoms with Gasteiger partial charge in [0, 0.05) is 0 Å². The van der Waals surface area contributed by atoms with Crippen molar-refractivity contribution in [3.8, 4) is 0 Å². The van der Waals surface area contributed by atoms with Crippen molar-refractivity contribution < 1.29 is 4.39 Å². The van der Waals surface area contributed by atoms with Crippen LogP contribution in [0, 0.1) is 5.82 Å². The topological polar surface area (TPSA) is 0 Å². The van der Waals surface area contributed by atoms with Crippen LogP contribution in [0.1, 0.15) is 18.9 Å². The van der Waals surface area contributed by atoms with Crippen LogP contribution < -0.4 is 0 Å². The molecule has 0 amide bonds. The van der Waals surface area contributed by atoms with Crippen LogP contribution in [0.3, 0.4) is 0 Å². The normalized spacial score (nSPS) is 10.7. The lowest BCUT2D eigenvalue weighted by atomic mass is 10.2. The van der Waals surface area contributed by atoms with Crippen molar-refractivity contribution in [1.82, 2.24) is 0 Å². The molecule has 11 heavy (non-hydrogen) atoms. The van der Waals surface area contributed by atoms with Crippen LogP contribution in [-0.4, -0.2) is 0 Å². The summed E-state index contributed by atoms with van der Waals surface area (Å²) in [4.78, 5) is 0. The molecule has 1 rings (SSSR count). The van der Waals surface area contributed by atoms with Gasteiger partial charge in [-0.15, -0.1) is 0 Å². The molecule has 58 valence electrons. The third kappa shape index (κ3) is 2.54.